The van der Waals surface area contributed by atoms with Crippen LogP contribution < -0.4 is 66.0 Å². The van der Waals surface area contributed by atoms with Crippen molar-refractivity contribution in [2.75, 3.05) is 108 Å². The second-order valence-corrected chi connectivity index (χ2v) is 32.6. The van der Waals surface area contributed by atoms with E-state index in [1.807, 2.05) is 27.7 Å². The number of nitrogens with zero attached hydrogens (tertiary/aromatic N) is 5. The van der Waals surface area contributed by atoms with Crippen molar-refractivity contribution >= 4 is 99.9 Å². The van der Waals surface area contributed by atoms with Crippen molar-refractivity contribution in [3.63, 3.8) is 0 Å². The first-order chi connectivity index (χ1) is 57.9. The second-order valence-electron chi connectivity index (χ2n) is 32.6. The summed E-state index contributed by atoms with van der Waals surface area (Å²) in [4.78, 5) is 180. The highest BCUT2D eigenvalue weighted by molar-refractivity contribution is 6.13. The number of carbonyl (C=O) groups excluding carboxylic acids is 13. The van der Waals surface area contributed by atoms with Gasteiger partial charge in [0.05, 0.1) is 94.0 Å². The van der Waals surface area contributed by atoms with Gasteiger partial charge in [0.25, 0.3) is 23.6 Å². The lowest BCUT2D eigenvalue weighted by atomic mass is 9.98. The third-order valence-electron chi connectivity index (χ3n) is 21.2. The summed E-state index contributed by atoms with van der Waals surface area (Å²) in [6.07, 6.45) is 0.379. The van der Waals surface area contributed by atoms with Crippen molar-refractivity contribution in [3.8, 4) is 23.0 Å². The van der Waals surface area contributed by atoms with E-state index in [2.05, 4.69) is 50.4 Å². The molecule has 0 aromatic heterocycles. The summed E-state index contributed by atoms with van der Waals surface area (Å²) in [5.41, 5.74) is 2.04. The quantitative estimate of drug-likeness (QED) is 0.0124. The third-order valence-corrected chi connectivity index (χ3v) is 21.2. The molecule has 4 aromatic rings. The van der Waals surface area contributed by atoms with E-state index in [0.29, 0.717) is 54.1 Å². The monoisotopic (exact) mass is 1690 g/mol. The standard InChI is InChI=1S/C87H114N12O23/c1-50(2)75(92-70(100)27-30-87(11,12)122-36-31-86(9,10)94-72(102)28-32-95-73(103)25-26-74(95)104)79(107)88-54(7)77(105)91-59-23-19-57(20-24-59)49-121-85(113)99-64-44-69(67(116-15)42-62(64)82(110)97-46-53(6)40-65(97)83(99)111)119-34-16-33-118-68-43-63-61(41-66(68)115-14)81(109)96-45-52(5)39-60(96)47-98(63)84(112)120-48-56-17-21-58(22-18-56)90-78(106)55(8)89-80(108)76(51(3)4)93-71(101)29-35-117-38-37-114-13/h17-26,41-44,50-51,54-55,60,65,75-76,83,111H,5-6,16,27-40,45-49H2,1-4,7-15H3,(H,88,107)(H,89,108)(H,90,106)(H,91,105)(H,92,100)(H,93,101)(H,94,102)/t54?,55?,60-,65-,75-,76-,83-/m0/s1. The Morgan fingerprint density at radius 3 is 1.57 bits per heavy atom. The maximum absolute atomic E-state index is 14.5. The number of imide groups is 1. The summed E-state index contributed by atoms with van der Waals surface area (Å²) in [5, 5.41) is 31.5. The number of amides is 13. The Balaban J connectivity index is 0.771. The third kappa shape index (κ3) is 25.1. The average Bonchev–Trinajstić information content (AvgIpc) is 1.61. The van der Waals surface area contributed by atoms with Crippen LogP contribution in [0.5, 0.6) is 23.0 Å². The van der Waals surface area contributed by atoms with Crippen LogP contribution in [0, 0.1) is 11.8 Å². The fraction of sp³-hybridized carbons (Fsp3) is 0.506. The minimum absolute atomic E-state index is 0.00279. The molecule has 122 heavy (non-hydrogen) atoms. The first kappa shape index (κ1) is 93.9. The van der Waals surface area contributed by atoms with Crippen molar-refractivity contribution in [2.24, 2.45) is 11.8 Å². The minimum atomic E-state index is -1.63. The second kappa shape index (κ2) is 42.5. The zero-order valence-electron chi connectivity index (χ0n) is 71.5. The molecule has 0 aliphatic carbocycles. The highest BCUT2D eigenvalue weighted by atomic mass is 16.6. The number of carbonyl (C=O) groups is 13. The Morgan fingerprint density at radius 2 is 1.04 bits per heavy atom. The number of rotatable bonds is 41. The lowest BCUT2D eigenvalue weighted by molar-refractivity contribution is -0.137. The predicted octanol–water partition coefficient (Wildman–Crippen LogP) is 7.12. The summed E-state index contributed by atoms with van der Waals surface area (Å²) in [6.45, 7) is 26.4. The Bertz CT molecular complexity index is 4570. The molecule has 5 heterocycles. The fourth-order valence-corrected chi connectivity index (χ4v) is 14.2. The molecule has 0 spiro atoms. The molecule has 13 amide bonds. The van der Waals surface area contributed by atoms with Gasteiger partial charge in [-0.1, -0.05) is 76.3 Å². The van der Waals surface area contributed by atoms with E-state index < -0.39 is 113 Å². The predicted molar refractivity (Wildman–Crippen MR) is 448 cm³/mol. The van der Waals surface area contributed by atoms with Crippen LogP contribution in [0.15, 0.2) is 109 Å². The molecule has 9 rings (SSSR count). The largest absolute Gasteiger partial charge is 0.493 e. The number of aliphatic hydroxyl groups is 1. The van der Waals surface area contributed by atoms with Crippen LogP contribution in [0.25, 0.3) is 0 Å². The highest BCUT2D eigenvalue weighted by Crippen LogP contribution is 2.44. The summed E-state index contributed by atoms with van der Waals surface area (Å²) >= 11 is 0. The SMILES string of the molecule is C=C1C[C@H]2CN(C(=O)OCc3ccc(NC(=O)C(C)NC(=O)[C@@H](NC(=O)CCOCCOC)C(C)C)cc3)c3cc(OCCCOc4cc5c(cc4OC)C(=O)N4CC(=C)C[C@H]4[C@H](O)N5C(=O)OCc4ccc(NC(=O)C(C)NC(=O)[C@@H](NC(=O)CCC(C)(C)OCCC(C)(C)NC(=O)CCN5C(=O)C=CC5=O)C(C)C)cc4)c(OC)cc3C(=O)N2C1. The Kier molecular flexibility index (Phi) is 32.7. The van der Waals surface area contributed by atoms with Gasteiger partial charge in [-0.15, -0.1) is 0 Å². The van der Waals surface area contributed by atoms with Crippen LogP contribution in [0.1, 0.15) is 152 Å². The van der Waals surface area contributed by atoms with E-state index in [1.165, 1.54) is 69.2 Å². The first-order valence-electron chi connectivity index (χ1n) is 40.7. The minimum Gasteiger partial charge on any atom is -0.493 e. The average molecular weight is 1700 g/mol. The van der Waals surface area contributed by atoms with Gasteiger partial charge in [-0.05, 0) is 127 Å². The number of anilines is 4. The van der Waals surface area contributed by atoms with E-state index in [4.69, 9.17) is 42.6 Å². The molecule has 2 saturated heterocycles. The molecule has 5 aliphatic rings. The lowest BCUT2D eigenvalue weighted by Crippen LogP contribution is -2.53. The van der Waals surface area contributed by atoms with Gasteiger partial charge in [0.1, 0.15) is 37.4 Å². The van der Waals surface area contributed by atoms with E-state index in [0.717, 1.165) is 27.5 Å². The molecule has 0 radical (unpaired) electrons. The van der Waals surface area contributed by atoms with E-state index in [-0.39, 0.29) is 179 Å². The van der Waals surface area contributed by atoms with Crippen molar-refractivity contribution in [1.29, 1.82) is 0 Å². The Morgan fingerprint density at radius 1 is 0.541 bits per heavy atom. The molecule has 2 unspecified atom stereocenters. The fourth-order valence-electron chi connectivity index (χ4n) is 14.2. The van der Waals surface area contributed by atoms with Crippen molar-refractivity contribution in [3.05, 3.63) is 132 Å². The molecule has 35 heteroatoms. The van der Waals surface area contributed by atoms with Gasteiger partial charge in [0, 0.05) is 100 Å². The molecular weight excluding hydrogens is 1580 g/mol. The number of hydrogen-bond donors (Lipinski definition) is 8. The lowest BCUT2D eigenvalue weighted by Gasteiger charge is -2.31. The summed E-state index contributed by atoms with van der Waals surface area (Å²) in [7, 11) is 4.33. The van der Waals surface area contributed by atoms with Gasteiger partial charge in [-0.2, -0.15) is 0 Å². The number of hydrogen-bond acceptors (Lipinski definition) is 23. The molecule has 0 saturated carbocycles. The molecule has 660 valence electrons. The van der Waals surface area contributed by atoms with Gasteiger partial charge in [0.15, 0.2) is 29.2 Å². The van der Waals surface area contributed by atoms with Gasteiger partial charge >= 0.3 is 12.2 Å². The Labute approximate surface area is 709 Å². The number of nitrogens with one attached hydrogen (secondary N) is 7. The zero-order valence-corrected chi connectivity index (χ0v) is 71.5. The first-order valence-corrected chi connectivity index (χ1v) is 40.7. The van der Waals surface area contributed by atoms with Gasteiger partial charge in [-0.3, -0.25) is 62.5 Å². The molecule has 8 N–H and O–H groups in total. The summed E-state index contributed by atoms with van der Waals surface area (Å²) < 4.78 is 52.4. The normalized spacial score (nSPS) is 17.2. The molecule has 0 bridgehead atoms. The molecule has 2 fully saturated rings. The highest BCUT2D eigenvalue weighted by Gasteiger charge is 2.47. The Hall–Kier alpha value is -12.0. The van der Waals surface area contributed by atoms with Crippen LogP contribution >= 0.6 is 0 Å². The van der Waals surface area contributed by atoms with E-state index >= 15 is 0 Å². The summed E-state index contributed by atoms with van der Waals surface area (Å²) in [5.74, 6) is -5.25. The van der Waals surface area contributed by atoms with Crippen molar-refractivity contribution < 1.29 is 110 Å². The van der Waals surface area contributed by atoms with Crippen LogP contribution in [0.4, 0.5) is 32.3 Å². The van der Waals surface area contributed by atoms with Crippen LogP contribution in [0.2, 0.25) is 0 Å². The number of ether oxygens (including phenoxy) is 9. The molecular formula is C87H114N12O23. The van der Waals surface area contributed by atoms with Gasteiger partial charge < -0.3 is 94.8 Å². The van der Waals surface area contributed by atoms with Crippen LogP contribution in [-0.2, 0) is 80.0 Å². The summed E-state index contributed by atoms with van der Waals surface area (Å²) in [6, 6.07) is 13.4. The maximum atomic E-state index is 14.5. The number of benzene rings is 4. The van der Waals surface area contributed by atoms with Crippen molar-refractivity contribution in [1.82, 2.24) is 41.3 Å². The van der Waals surface area contributed by atoms with Gasteiger partial charge in [-0.25, -0.2) is 14.5 Å². The zero-order chi connectivity index (χ0) is 89.0. The maximum Gasteiger partial charge on any atom is 0.416 e. The molecule has 35 nitrogen and oxygen atoms in total. The number of aliphatic hydroxyl groups excluding tert-OH is 1. The topological polar surface area (TPSA) is 426 Å². The van der Waals surface area contributed by atoms with Gasteiger partial charge in [0.2, 0.25) is 41.4 Å². The number of methoxy groups -OCH3 is 3. The van der Waals surface area contributed by atoms with Crippen LogP contribution in [-0.4, -0.2) is 238 Å². The molecule has 4 aromatic carbocycles. The molecule has 7 atom stereocenters. The van der Waals surface area contributed by atoms with E-state index in [9.17, 15) is 67.4 Å². The smallest absolute Gasteiger partial charge is 0.416 e. The van der Waals surface area contributed by atoms with Crippen molar-refractivity contribution in [2.45, 2.75) is 187 Å². The van der Waals surface area contributed by atoms with E-state index in [1.54, 1.807) is 81.1 Å². The van der Waals surface area contributed by atoms with Crippen LogP contribution in [0.3, 0.4) is 0 Å². The molecule has 5 aliphatic heterocycles. The number of fused-ring (bicyclic) bond motifs is 4.